The number of nitrogens with zero attached hydrogens (tertiary/aromatic N) is 3. The molecule has 1 heterocycles. The van der Waals surface area contributed by atoms with Crippen LogP contribution in [0.4, 0.5) is 0 Å². The average Bonchev–Trinajstić information content (AvgIpc) is 3.23. The summed E-state index contributed by atoms with van der Waals surface area (Å²) in [5.74, 6) is 1.02. The van der Waals surface area contributed by atoms with Crippen LogP contribution in [0.2, 0.25) is 0 Å². The van der Waals surface area contributed by atoms with Gasteiger partial charge in [0.05, 0.1) is 12.6 Å². The number of aryl methyl sites for hydroxylation is 1. The molecule has 108 valence electrons. The van der Waals surface area contributed by atoms with E-state index in [0.717, 1.165) is 30.7 Å². The molecule has 0 aliphatic heterocycles. The predicted octanol–water partition coefficient (Wildman–Crippen LogP) is 2.62. The smallest absolute Gasteiger partial charge is 0.150 e. The van der Waals surface area contributed by atoms with E-state index in [0.29, 0.717) is 12.6 Å². The SMILES string of the molecule is CCc1nccn1CC(C#N)(NC1CC1)c1ccccc1. The maximum absolute atomic E-state index is 9.92. The van der Waals surface area contributed by atoms with Crippen molar-refractivity contribution in [3.8, 4) is 6.07 Å². The Morgan fingerprint density at radius 2 is 2.14 bits per heavy atom. The lowest BCUT2D eigenvalue weighted by atomic mass is 9.90. The van der Waals surface area contributed by atoms with Crippen LogP contribution in [0.3, 0.4) is 0 Å². The lowest BCUT2D eigenvalue weighted by Crippen LogP contribution is -2.46. The van der Waals surface area contributed by atoms with Crippen LogP contribution in [0, 0.1) is 11.3 Å². The summed E-state index contributed by atoms with van der Waals surface area (Å²) >= 11 is 0. The van der Waals surface area contributed by atoms with Crippen LogP contribution in [0.1, 0.15) is 31.2 Å². The topological polar surface area (TPSA) is 53.6 Å². The van der Waals surface area contributed by atoms with Gasteiger partial charge in [-0.05, 0) is 18.4 Å². The number of nitriles is 1. The van der Waals surface area contributed by atoms with Crippen molar-refractivity contribution in [2.45, 2.75) is 44.3 Å². The molecule has 0 spiro atoms. The van der Waals surface area contributed by atoms with E-state index in [4.69, 9.17) is 0 Å². The van der Waals surface area contributed by atoms with E-state index in [-0.39, 0.29) is 0 Å². The molecule has 1 aliphatic rings. The molecule has 1 aliphatic carbocycles. The highest BCUT2D eigenvalue weighted by atomic mass is 15.1. The van der Waals surface area contributed by atoms with Gasteiger partial charge in [-0.1, -0.05) is 37.3 Å². The number of benzene rings is 1. The quantitative estimate of drug-likeness (QED) is 0.885. The largest absolute Gasteiger partial charge is 0.332 e. The summed E-state index contributed by atoms with van der Waals surface area (Å²) in [6.45, 7) is 2.68. The molecule has 0 radical (unpaired) electrons. The monoisotopic (exact) mass is 280 g/mol. The van der Waals surface area contributed by atoms with Gasteiger partial charge in [0.1, 0.15) is 5.82 Å². The van der Waals surface area contributed by atoms with Crippen LogP contribution in [0.25, 0.3) is 0 Å². The third-order valence-corrected chi connectivity index (χ3v) is 4.01. The lowest BCUT2D eigenvalue weighted by molar-refractivity contribution is 0.359. The first-order valence-electron chi connectivity index (χ1n) is 7.52. The van der Waals surface area contributed by atoms with Crippen molar-refractivity contribution >= 4 is 0 Å². The second kappa shape index (κ2) is 5.71. The standard InChI is InChI=1S/C17H20N4/c1-2-16-19-10-11-21(16)13-17(12-18,20-15-8-9-15)14-6-4-3-5-7-14/h3-7,10-11,15,20H,2,8-9,13H2,1H3. The van der Waals surface area contributed by atoms with E-state index < -0.39 is 5.54 Å². The van der Waals surface area contributed by atoms with Crippen molar-refractivity contribution in [1.29, 1.82) is 5.26 Å². The van der Waals surface area contributed by atoms with E-state index in [9.17, 15) is 5.26 Å². The molecule has 21 heavy (non-hydrogen) atoms. The van der Waals surface area contributed by atoms with E-state index in [1.807, 2.05) is 42.7 Å². The van der Waals surface area contributed by atoms with Gasteiger partial charge in [-0.15, -0.1) is 0 Å². The number of imidazole rings is 1. The number of hydrogen-bond acceptors (Lipinski definition) is 3. The van der Waals surface area contributed by atoms with Gasteiger partial charge >= 0.3 is 0 Å². The third-order valence-electron chi connectivity index (χ3n) is 4.01. The Hall–Kier alpha value is -2.12. The minimum atomic E-state index is -0.687. The molecule has 1 aromatic carbocycles. The molecule has 0 bridgehead atoms. The molecular weight excluding hydrogens is 260 g/mol. The molecule has 1 fully saturated rings. The summed E-state index contributed by atoms with van der Waals surface area (Å²) in [5, 5.41) is 13.5. The van der Waals surface area contributed by atoms with E-state index in [1.165, 1.54) is 0 Å². The second-order valence-electron chi connectivity index (χ2n) is 5.63. The number of aromatic nitrogens is 2. The fraction of sp³-hybridized carbons (Fsp3) is 0.412. The zero-order chi connectivity index (χ0) is 14.7. The summed E-state index contributed by atoms with van der Waals surface area (Å²) in [6, 6.07) is 13.0. The van der Waals surface area contributed by atoms with Crippen LogP contribution in [-0.4, -0.2) is 15.6 Å². The predicted molar refractivity (Wildman–Crippen MR) is 81.5 cm³/mol. The fourth-order valence-electron chi connectivity index (χ4n) is 2.71. The van der Waals surface area contributed by atoms with Gasteiger partial charge in [0.25, 0.3) is 0 Å². The van der Waals surface area contributed by atoms with Crippen molar-refractivity contribution < 1.29 is 0 Å². The Bertz CT molecular complexity index is 636. The molecule has 4 nitrogen and oxygen atoms in total. The summed E-state index contributed by atoms with van der Waals surface area (Å²) in [7, 11) is 0. The van der Waals surface area contributed by atoms with Crippen molar-refractivity contribution in [2.75, 3.05) is 0 Å². The molecular formula is C17H20N4. The molecule has 0 amide bonds. The van der Waals surface area contributed by atoms with Crippen LogP contribution in [0.15, 0.2) is 42.7 Å². The number of nitrogens with one attached hydrogen (secondary N) is 1. The highest BCUT2D eigenvalue weighted by molar-refractivity contribution is 5.32. The Labute approximate surface area is 125 Å². The Balaban J connectivity index is 1.97. The molecule has 1 atom stereocenters. The van der Waals surface area contributed by atoms with Crippen molar-refractivity contribution in [2.24, 2.45) is 0 Å². The van der Waals surface area contributed by atoms with Crippen LogP contribution in [-0.2, 0) is 18.5 Å². The van der Waals surface area contributed by atoms with Crippen molar-refractivity contribution in [3.63, 3.8) is 0 Å². The molecule has 0 saturated heterocycles. The molecule has 1 saturated carbocycles. The van der Waals surface area contributed by atoms with Crippen molar-refractivity contribution in [1.82, 2.24) is 14.9 Å². The van der Waals surface area contributed by atoms with Crippen LogP contribution in [0.5, 0.6) is 0 Å². The summed E-state index contributed by atoms with van der Waals surface area (Å²) in [5.41, 5.74) is 0.336. The van der Waals surface area contributed by atoms with Crippen molar-refractivity contribution in [3.05, 3.63) is 54.1 Å². The lowest BCUT2D eigenvalue weighted by Gasteiger charge is -2.29. The minimum Gasteiger partial charge on any atom is -0.332 e. The molecule has 2 aromatic rings. The molecule has 1 unspecified atom stereocenters. The minimum absolute atomic E-state index is 0.457. The number of hydrogen-bond donors (Lipinski definition) is 1. The Morgan fingerprint density at radius 3 is 2.76 bits per heavy atom. The van der Waals surface area contributed by atoms with Gasteiger partial charge in [0.2, 0.25) is 0 Å². The maximum atomic E-state index is 9.92. The van der Waals surface area contributed by atoms with Gasteiger partial charge in [-0.25, -0.2) is 4.98 Å². The highest BCUT2D eigenvalue weighted by Gasteiger charge is 2.38. The first-order chi connectivity index (χ1) is 10.3. The van der Waals surface area contributed by atoms with Gasteiger partial charge < -0.3 is 4.57 Å². The van der Waals surface area contributed by atoms with Gasteiger partial charge in [0.15, 0.2) is 5.54 Å². The third kappa shape index (κ3) is 2.84. The molecule has 3 rings (SSSR count). The van der Waals surface area contributed by atoms with E-state index in [1.54, 1.807) is 0 Å². The van der Waals surface area contributed by atoms with Gasteiger partial charge in [-0.2, -0.15) is 5.26 Å². The maximum Gasteiger partial charge on any atom is 0.150 e. The zero-order valence-electron chi connectivity index (χ0n) is 12.3. The van der Waals surface area contributed by atoms with Gasteiger partial charge in [0, 0.05) is 24.9 Å². The van der Waals surface area contributed by atoms with E-state index in [2.05, 4.69) is 27.9 Å². The first kappa shape index (κ1) is 13.8. The Morgan fingerprint density at radius 1 is 1.38 bits per heavy atom. The number of rotatable bonds is 6. The molecule has 4 heteroatoms. The summed E-state index contributed by atoms with van der Waals surface area (Å²) in [4.78, 5) is 4.37. The fourth-order valence-corrected chi connectivity index (χ4v) is 2.71. The Kier molecular flexibility index (Phi) is 3.76. The zero-order valence-corrected chi connectivity index (χ0v) is 12.3. The van der Waals surface area contributed by atoms with Gasteiger partial charge in [-0.3, -0.25) is 5.32 Å². The summed E-state index contributed by atoms with van der Waals surface area (Å²) < 4.78 is 2.09. The first-order valence-corrected chi connectivity index (χ1v) is 7.52. The van der Waals surface area contributed by atoms with E-state index >= 15 is 0 Å². The molecule has 1 N–H and O–H groups in total. The molecule has 1 aromatic heterocycles. The normalized spacial score (nSPS) is 17.1. The second-order valence-corrected chi connectivity index (χ2v) is 5.63. The van der Waals surface area contributed by atoms with Crippen LogP contribution < -0.4 is 5.32 Å². The van der Waals surface area contributed by atoms with Crippen LogP contribution >= 0.6 is 0 Å². The average molecular weight is 280 g/mol. The summed E-state index contributed by atoms with van der Waals surface area (Å²) in [6.07, 6.45) is 6.94. The highest BCUT2D eigenvalue weighted by Crippen LogP contribution is 2.30.